The fourth-order valence-corrected chi connectivity index (χ4v) is 10.0. The van der Waals surface area contributed by atoms with E-state index in [1.54, 1.807) is 72.2 Å². The molecular weight excluding hydrogens is 821 g/mol. The minimum atomic E-state index is -0.801. The van der Waals surface area contributed by atoms with Crippen molar-refractivity contribution >= 4 is 95.8 Å². The van der Waals surface area contributed by atoms with Crippen LogP contribution in [-0.4, -0.2) is 33.9 Å². The van der Waals surface area contributed by atoms with Crippen LogP contribution in [0.2, 0.25) is 0 Å². The van der Waals surface area contributed by atoms with Gasteiger partial charge in [-0.2, -0.15) is 0 Å². The zero-order valence-corrected chi connectivity index (χ0v) is 32.6. The molecule has 0 saturated carbocycles. The summed E-state index contributed by atoms with van der Waals surface area (Å²) in [7, 11) is 0. The predicted octanol–water partition coefficient (Wildman–Crippen LogP) is 7.85. The van der Waals surface area contributed by atoms with E-state index in [0.717, 1.165) is 25.8 Å². The van der Waals surface area contributed by atoms with Gasteiger partial charge in [-0.3, -0.25) is 19.0 Å². The maximum atomic E-state index is 14.3. The molecule has 0 unspecified atom stereocenters. The van der Waals surface area contributed by atoms with Gasteiger partial charge >= 0.3 is 5.97 Å². The van der Waals surface area contributed by atoms with Gasteiger partial charge in [-0.1, -0.05) is 81.9 Å². The van der Waals surface area contributed by atoms with E-state index in [1.165, 1.54) is 39.3 Å². The molecule has 2 amide bonds. The van der Waals surface area contributed by atoms with E-state index in [1.807, 2.05) is 54.6 Å². The third-order valence-corrected chi connectivity index (χ3v) is 12.5. The third-order valence-electron chi connectivity index (χ3n) is 9.01. The van der Waals surface area contributed by atoms with Crippen LogP contribution in [-0.2, 0) is 9.53 Å². The number of carbonyl (C=O) groups excluding carboxylic acids is 3. The van der Waals surface area contributed by atoms with Gasteiger partial charge in [-0.05, 0) is 78.8 Å². The maximum Gasteiger partial charge on any atom is 0.338 e. The number of thiazole rings is 2. The molecule has 270 valence electrons. The number of rotatable bonds is 8. The van der Waals surface area contributed by atoms with Crippen LogP contribution in [0.25, 0.3) is 22.0 Å². The molecule has 5 heterocycles. The number of halogens is 1. The monoisotopic (exact) mass is 844 g/mol. The number of carbonyl (C=O) groups is 3. The lowest BCUT2D eigenvalue weighted by Gasteiger charge is -2.26. The molecule has 0 radical (unpaired) electrons. The number of hydrogen-bond acceptors (Lipinski definition) is 11. The molecule has 9 rings (SSSR count). The summed E-state index contributed by atoms with van der Waals surface area (Å²) in [6, 6.07) is 31.8. The number of esters is 1. The number of nitrogens with zero attached hydrogens (tertiary/aromatic N) is 4. The lowest BCUT2D eigenvalue weighted by molar-refractivity contribution is -0.138. The van der Waals surface area contributed by atoms with Crippen LogP contribution in [0.1, 0.15) is 50.6 Å². The Hall–Kier alpha value is -5.67. The zero-order valence-electron chi connectivity index (χ0n) is 28.6. The average molecular weight is 846 g/mol. The molecule has 0 aliphatic carbocycles. The number of anilines is 1. The molecule has 14 heteroatoms. The Labute approximate surface area is 332 Å². The summed E-state index contributed by atoms with van der Waals surface area (Å²) in [6.45, 7) is 1.90. The Morgan fingerprint density at radius 3 is 2.42 bits per heavy atom. The maximum absolute atomic E-state index is 14.3. The summed E-state index contributed by atoms with van der Waals surface area (Å²) in [5.74, 6) is -0.802. The first-order chi connectivity index (χ1) is 26.8. The van der Waals surface area contributed by atoms with Gasteiger partial charge in [0.2, 0.25) is 0 Å². The number of furan rings is 1. The second kappa shape index (κ2) is 14.2. The lowest BCUT2D eigenvalue weighted by atomic mass is 9.93. The topological polar surface area (TPSA) is 124 Å². The van der Waals surface area contributed by atoms with Crippen LogP contribution in [0.4, 0.5) is 5.69 Å². The highest BCUT2D eigenvalue weighted by molar-refractivity contribution is 9.10. The molecule has 4 aromatic carbocycles. The number of imide groups is 1. The van der Waals surface area contributed by atoms with Crippen LogP contribution in [0.15, 0.2) is 143 Å². The number of aromatic nitrogens is 2. The van der Waals surface area contributed by atoms with Gasteiger partial charge in [0.25, 0.3) is 17.4 Å². The summed E-state index contributed by atoms with van der Waals surface area (Å²) in [4.78, 5) is 65.4. The highest BCUT2D eigenvalue weighted by atomic mass is 79.9. The second-order valence-electron chi connectivity index (χ2n) is 12.4. The van der Waals surface area contributed by atoms with Crippen molar-refractivity contribution in [3.05, 3.63) is 167 Å². The van der Waals surface area contributed by atoms with E-state index in [0.29, 0.717) is 47.0 Å². The van der Waals surface area contributed by atoms with Gasteiger partial charge < -0.3 is 9.15 Å². The molecular formula is C41H25BrN4O6S3. The highest BCUT2D eigenvalue weighted by Crippen LogP contribution is 2.39. The molecule has 1 atom stereocenters. The first-order valence-corrected chi connectivity index (χ1v) is 20.2. The summed E-state index contributed by atoms with van der Waals surface area (Å²) in [6.07, 6.45) is 1.68. The molecule has 0 saturated heterocycles. The van der Waals surface area contributed by atoms with Crippen molar-refractivity contribution < 1.29 is 23.5 Å². The van der Waals surface area contributed by atoms with Gasteiger partial charge in [0.05, 0.1) is 55.5 Å². The standard InChI is InChI=1S/C41H25BrN4O6S3/c1-2-51-39(50)33-34(22-9-4-3-5-10-22)44-40-46(35(33)23-11-8-12-24(42)19-23)38(49)31(53-40)21-26-16-18-32(52-26)55-41-43-29-17-15-25(20-30(29)54-41)45-36(47)27-13-6-7-14-28(27)37(45)48/h3-21,35H,2H2,1H3/b31-21-/t35-/m0/s1. The van der Waals surface area contributed by atoms with Crippen molar-refractivity contribution in [3.8, 4) is 0 Å². The van der Waals surface area contributed by atoms with Gasteiger partial charge in [0, 0.05) is 16.1 Å². The fraction of sp³-hybridized carbons (Fsp3) is 0.0732. The molecule has 0 spiro atoms. The molecule has 10 nitrogen and oxygen atoms in total. The molecule has 3 aromatic heterocycles. The molecule has 0 N–H and O–H groups in total. The number of ether oxygens (including phenoxy) is 1. The number of amides is 2. The summed E-state index contributed by atoms with van der Waals surface area (Å²) in [5, 5.41) is 0.557. The van der Waals surface area contributed by atoms with Crippen LogP contribution in [0.5, 0.6) is 0 Å². The molecule has 55 heavy (non-hydrogen) atoms. The minimum Gasteiger partial charge on any atom is -0.463 e. The molecule has 2 aliphatic rings. The number of benzene rings is 4. The summed E-state index contributed by atoms with van der Waals surface area (Å²) < 4.78 is 15.9. The van der Waals surface area contributed by atoms with Crippen LogP contribution >= 0.6 is 50.4 Å². The van der Waals surface area contributed by atoms with Crippen LogP contribution < -0.4 is 19.8 Å². The van der Waals surface area contributed by atoms with Gasteiger partial charge in [-0.15, -0.1) is 11.3 Å². The molecule has 0 fully saturated rings. The normalized spacial score (nSPS) is 15.4. The Balaban J connectivity index is 1.05. The smallest absolute Gasteiger partial charge is 0.338 e. The van der Waals surface area contributed by atoms with Crippen LogP contribution in [0.3, 0.4) is 0 Å². The van der Waals surface area contributed by atoms with Crippen LogP contribution in [0, 0.1) is 0 Å². The first kappa shape index (κ1) is 35.1. The molecule has 0 bridgehead atoms. The Bertz CT molecular complexity index is 2910. The van der Waals surface area contributed by atoms with Gasteiger partial charge in [0.15, 0.2) is 14.2 Å². The van der Waals surface area contributed by atoms with Crippen molar-refractivity contribution in [1.82, 2.24) is 9.55 Å². The van der Waals surface area contributed by atoms with E-state index in [2.05, 4.69) is 15.9 Å². The van der Waals surface area contributed by atoms with E-state index in [-0.39, 0.29) is 29.6 Å². The van der Waals surface area contributed by atoms with E-state index in [4.69, 9.17) is 19.1 Å². The number of hydrogen-bond donors (Lipinski definition) is 0. The Morgan fingerprint density at radius 2 is 1.67 bits per heavy atom. The Morgan fingerprint density at radius 1 is 0.909 bits per heavy atom. The van der Waals surface area contributed by atoms with Crippen molar-refractivity contribution in [3.63, 3.8) is 0 Å². The van der Waals surface area contributed by atoms with Gasteiger partial charge in [0.1, 0.15) is 5.76 Å². The first-order valence-electron chi connectivity index (χ1n) is 17.0. The van der Waals surface area contributed by atoms with Crippen molar-refractivity contribution in [1.29, 1.82) is 0 Å². The summed E-state index contributed by atoms with van der Waals surface area (Å²) >= 11 is 7.50. The third kappa shape index (κ3) is 6.30. The average Bonchev–Trinajstić information content (AvgIpc) is 3.95. The summed E-state index contributed by atoms with van der Waals surface area (Å²) in [5.41, 5.74) is 3.81. The SMILES string of the molecule is CCOC(=O)C1=C(c2ccccc2)N=c2s/c(=C\c3ccc(Sc4nc5ccc(N6C(=O)c7ccccc7C6=O)cc5s4)o3)c(=O)n2[C@H]1c1cccc(Br)c1. The van der Waals surface area contributed by atoms with E-state index in [9.17, 15) is 19.2 Å². The van der Waals surface area contributed by atoms with E-state index < -0.39 is 12.0 Å². The largest absolute Gasteiger partial charge is 0.463 e. The lowest BCUT2D eigenvalue weighted by Crippen LogP contribution is -2.40. The van der Waals surface area contributed by atoms with Gasteiger partial charge in [-0.25, -0.2) is 19.7 Å². The highest BCUT2D eigenvalue weighted by Gasteiger charge is 2.37. The van der Waals surface area contributed by atoms with Crippen molar-refractivity contribution in [2.75, 3.05) is 11.5 Å². The minimum absolute atomic E-state index is 0.160. The fourth-order valence-electron chi connectivity index (χ4n) is 6.61. The number of fused-ring (bicyclic) bond motifs is 3. The quantitative estimate of drug-likeness (QED) is 0.112. The molecule has 2 aliphatic heterocycles. The van der Waals surface area contributed by atoms with E-state index >= 15 is 0 Å². The molecule has 7 aromatic rings. The predicted molar refractivity (Wildman–Crippen MR) is 215 cm³/mol. The zero-order chi connectivity index (χ0) is 37.8. The Kier molecular flexibility index (Phi) is 9.05. The van der Waals surface area contributed by atoms with Crippen molar-refractivity contribution in [2.45, 2.75) is 22.4 Å². The van der Waals surface area contributed by atoms with Crippen molar-refractivity contribution in [2.24, 2.45) is 4.99 Å². The second-order valence-corrected chi connectivity index (χ2v) is 16.6.